The van der Waals surface area contributed by atoms with Crippen LogP contribution in [0.3, 0.4) is 0 Å². The van der Waals surface area contributed by atoms with Gasteiger partial charge in [0, 0.05) is 6.42 Å². The van der Waals surface area contributed by atoms with Crippen molar-refractivity contribution >= 4 is 6.29 Å². The Bertz CT molecular complexity index is 594. The fourth-order valence-electron chi connectivity index (χ4n) is 4.19. The van der Waals surface area contributed by atoms with Crippen LogP contribution in [0.15, 0.2) is 12.1 Å². The van der Waals surface area contributed by atoms with Gasteiger partial charge in [-0.1, -0.05) is 66.9 Å². The Hall–Kier alpha value is -1.35. The predicted molar refractivity (Wildman–Crippen MR) is 125 cm³/mol. The van der Waals surface area contributed by atoms with Gasteiger partial charge in [0.25, 0.3) is 0 Å². The summed E-state index contributed by atoms with van der Waals surface area (Å²) in [6.45, 7) is 18.3. The molecule has 166 valence electrons. The molecule has 0 fully saturated rings. The lowest BCUT2D eigenvalue weighted by Gasteiger charge is -2.39. The van der Waals surface area contributed by atoms with Gasteiger partial charge in [-0.3, -0.25) is 4.79 Å². The Morgan fingerprint density at radius 1 is 0.862 bits per heavy atom. The molecule has 0 unspecified atom stereocenters. The van der Waals surface area contributed by atoms with Gasteiger partial charge in [-0.05, 0) is 48.3 Å². The summed E-state index contributed by atoms with van der Waals surface area (Å²) in [7, 11) is 0. The summed E-state index contributed by atoms with van der Waals surface area (Å²) in [5, 5.41) is 10.6. The van der Waals surface area contributed by atoms with Crippen molar-refractivity contribution in [3.63, 3.8) is 0 Å². The molecular weight excluding hydrogens is 358 g/mol. The van der Waals surface area contributed by atoms with Crippen LogP contribution in [0.2, 0.25) is 0 Å². The topological polar surface area (TPSA) is 37.3 Å². The monoisotopic (exact) mass is 404 g/mol. The fraction of sp³-hybridized carbons (Fsp3) is 0.731. The Balaban J connectivity index is 3.00. The van der Waals surface area contributed by atoms with Crippen LogP contribution >= 0.6 is 0 Å². The van der Waals surface area contributed by atoms with E-state index in [1.54, 1.807) is 0 Å². The highest BCUT2D eigenvalue weighted by Crippen LogP contribution is 2.31. The SMILES string of the molecule is CCCC[N+](CCCC)(CCCC)CCCc1cc(C(C)(C)C)cc(C=O)c1O. The molecule has 3 nitrogen and oxygen atoms in total. The molecule has 1 N–H and O–H groups in total. The maximum atomic E-state index is 11.5. The van der Waals surface area contributed by atoms with Gasteiger partial charge in [-0.25, -0.2) is 0 Å². The molecule has 1 rings (SSSR count). The van der Waals surface area contributed by atoms with Crippen molar-refractivity contribution in [1.82, 2.24) is 0 Å². The zero-order valence-electron chi connectivity index (χ0n) is 20.0. The number of hydrogen-bond donors (Lipinski definition) is 1. The summed E-state index contributed by atoms with van der Waals surface area (Å²) < 4.78 is 1.22. The van der Waals surface area contributed by atoms with Crippen molar-refractivity contribution in [3.8, 4) is 5.75 Å². The Morgan fingerprint density at radius 3 is 1.76 bits per heavy atom. The first-order chi connectivity index (χ1) is 13.7. The quantitative estimate of drug-likeness (QED) is 0.278. The fourth-order valence-corrected chi connectivity index (χ4v) is 4.19. The zero-order chi connectivity index (χ0) is 21.9. The zero-order valence-corrected chi connectivity index (χ0v) is 20.0. The molecule has 0 amide bonds. The van der Waals surface area contributed by atoms with E-state index in [-0.39, 0.29) is 11.2 Å². The Kier molecular flexibility index (Phi) is 11.0. The summed E-state index contributed by atoms with van der Waals surface area (Å²) in [4.78, 5) is 11.5. The molecule has 0 heterocycles. The summed E-state index contributed by atoms with van der Waals surface area (Å²) >= 11 is 0. The number of phenols is 1. The molecule has 1 aromatic rings. The first-order valence-corrected chi connectivity index (χ1v) is 11.9. The highest BCUT2D eigenvalue weighted by molar-refractivity contribution is 5.80. The van der Waals surface area contributed by atoms with E-state index in [4.69, 9.17) is 0 Å². The van der Waals surface area contributed by atoms with E-state index in [2.05, 4.69) is 47.6 Å². The summed E-state index contributed by atoms with van der Waals surface area (Å²) in [6.07, 6.45) is 10.3. The number of rotatable bonds is 14. The second-order valence-corrected chi connectivity index (χ2v) is 9.84. The van der Waals surface area contributed by atoms with Gasteiger partial charge in [0.2, 0.25) is 0 Å². The molecule has 29 heavy (non-hydrogen) atoms. The van der Waals surface area contributed by atoms with Gasteiger partial charge in [0.05, 0.1) is 31.7 Å². The number of aldehydes is 1. The summed E-state index contributed by atoms with van der Waals surface area (Å²) in [6, 6.07) is 3.96. The normalized spacial score (nSPS) is 12.3. The average molecular weight is 405 g/mol. The van der Waals surface area contributed by atoms with E-state index < -0.39 is 0 Å². The van der Waals surface area contributed by atoms with Crippen LogP contribution in [0.25, 0.3) is 0 Å². The second kappa shape index (κ2) is 12.4. The summed E-state index contributed by atoms with van der Waals surface area (Å²) in [5.74, 6) is 0.182. The Morgan fingerprint density at radius 2 is 1.34 bits per heavy atom. The lowest BCUT2D eigenvalue weighted by molar-refractivity contribution is -0.929. The molecular formula is C26H46NO2+. The van der Waals surface area contributed by atoms with Gasteiger partial charge < -0.3 is 9.59 Å². The van der Waals surface area contributed by atoms with Crippen molar-refractivity contribution in [3.05, 3.63) is 28.8 Å². The smallest absolute Gasteiger partial charge is 0.153 e. The second-order valence-electron chi connectivity index (χ2n) is 9.84. The van der Waals surface area contributed by atoms with E-state index in [1.165, 1.54) is 62.6 Å². The number of hydrogen-bond acceptors (Lipinski definition) is 2. The van der Waals surface area contributed by atoms with E-state index in [1.807, 2.05) is 6.07 Å². The molecule has 0 aliphatic carbocycles. The van der Waals surface area contributed by atoms with Crippen LogP contribution in [-0.4, -0.2) is 42.1 Å². The molecule has 0 aromatic heterocycles. The maximum Gasteiger partial charge on any atom is 0.153 e. The first-order valence-electron chi connectivity index (χ1n) is 11.9. The molecule has 0 aliphatic heterocycles. The van der Waals surface area contributed by atoms with E-state index in [9.17, 15) is 9.90 Å². The van der Waals surface area contributed by atoms with E-state index in [0.29, 0.717) is 5.56 Å². The van der Waals surface area contributed by atoms with Crippen molar-refractivity contribution in [2.45, 2.75) is 98.3 Å². The van der Waals surface area contributed by atoms with Gasteiger partial charge >= 0.3 is 0 Å². The molecule has 0 atom stereocenters. The van der Waals surface area contributed by atoms with Crippen LogP contribution in [0.5, 0.6) is 5.75 Å². The maximum absolute atomic E-state index is 11.5. The lowest BCUT2D eigenvalue weighted by atomic mass is 9.84. The van der Waals surface area contributed by atoms with Crippen LogP contribution in [-0.2, 0) is 11.8 Å². The minimum absolute atomic E-state index is 0.0383. The van der Waals surface area contributed by atoms with Crippen molar-refractivity contribution in [2.24, 2.45) is 0 Å². The number of carbonyl (C=O) groups is 1. The molecule has 0 bridgehead atoms. The van der Waals surface area contributed by atoms with Gasteiger partial charge in [-0.2, -0.15) is 0 Å². The average Bonchev–Trinajstić information content (AvgIpc) is 2.69. The number of phenolic OH excluding ortho intramolecular Hbond substituents is 1. The molecule has 1 aromatic carbocycles. The van der Waals surface area contributed by atoms with Crippen molar-refractivity contribution < 1.29 is 14.4 Å². The van der Waals surface area contributed by atoms with Crippen molar-refractivity contribution in [1.29, 1.82) is 0 Å². The number of nitrogens with zero attached hydrogens (tertiary/aromatic N) is 1. The number of benzene rings is 1. The number of aromatic hydroxyl groups is 1. The number of carbonyl (C=O) groups excluding carboxylic acids is 1. The molecule has 3 heteroatoms. The molecule has 0 saturated carbocycles. The molecule has 0 aliphatic rings. The number of aryl methyl sites for hydroxylation is 1. The molecule has 0 saturated heterocycles. The first kappa shape index (κ1) is 25.7. The van der Waals surface area contributed by atoms with Crippen LogP contribution in [0.4, 0.5) is 0 Å². The molecule has 0 spiro atoms. The van der Waals surface area contributed by atoms with Gasteiger partial charge in [0.1, 0.15) is 5.75 Å². The summed E-state index contributed by atoms with van der Waals surface area (Å²) in [5.41, 5.74) is 2.44. The molecule has 0 radical (unpaired) electrons. The van der Waals surface area contributed by atoms with Crippen LogP contribution < -0.4 is 0 Å². The Labute approximate surface area is 180 Å². The van der Waals surface area contributed by atoms with E-state index >= 15 is 0 Å². The van der Waals surface area contributed by atoms with Gasteiger partial charge in [-0.15, -0.1) is 0 Å². The minimum Gasteiger partial charge on any atom is -0.507 e. The van der Waals surface area contributed by atoms with E-state index in [0.717, 1.165) is 36.8 Å². The lowest BCUT2D eigenvalue weighted by Crippen LogP contribution is -2.50. The number of unbranched alkanes of at least 4 members (excludes halogenated alkanes) is 3. The highest BCUT2D eigenvalue weighted by Gasteiger charge is 2.26. The largest absolute Gasteiger partial charge is 0.507 e. The highest BCUT2D eigenvalue weighted by atomic mass is 16.3. The third kappa shape index (κ3) is 8.12. The standard InChI is InChI=1S/C26H45NO2/c1-7-10-15-27(16-11-8-2,17-12-9-3)18-13-14-22-19-24(26(4,5)6)20-23(21-28)25(22)29/h19-21H,7-18H2,1-6H3/p+1. The predicted octanol–water partition coefficient (Wildman–Crippen LogP) is 6.65. The minimum atomic E-state index is -0.0383. The van der Waals surface area contributed by atoms with Gasteiger partial charge in [0.15, 0.2) is 6.29 Å². The van der Waals surface area contributed by atoms with Crippen LogP contribution in [0.1, 0.15) is 108 Å². The third-order valence-electron chi connectivity index (χ3n) is 6.25. The van der Waals surface area contributed by atoms with Crippen LogP contribution in [0, 0.1) is 0 Å². The van der Waals surface area contributed by atoms with Crippen molar-refractivity contribution in [2.75, 3.05) is 26.2 Å². The third-order valence-corrected chi connectivity index (χ3v) is 6.25. The number of quaternary nitrogens is 1.